The lowest BCUT2D eigenvalue weighted by Crippen LogP contribution is -2.19. The van der Waals surface area contributed by atoms with Crippen molar-refractivity contribution in [2.45, 2.75) is 11.8 Å². The van der Waals surface area contributed by atoms with Crippen LogP contribution < -0.4 is 25.4 Å². The number of benzene rings is 3. The van der Waals surface area contributed by atoms with Crippen molar-refractivity contribution >= 4 is 57.8 Å². The normalized spacial score (nSPS) is 11.5. The average molecular weight is 480 g/mol. The van der Waals surface area contributed by atoms with E-state index in [1.165, 1.54) is 18.7 Å². The third-order valence-corrected chi connectivity index (χ3v) is 5.87. The van der Waals surface area contributed by atoms with Crippen LogP contribution in [0, 0.1) is 0 Å². The van der Waals surface area contributed by atoms with Crippen LogP contribution in [0.1, 0.15) is 17.3 Å². The fraction of sp³-hybridized carbons (Fsp3) is 0.125. The van der Waals surface area contributed by atoms with Crippen molar-refractivity contribution in [1.82, 2.24) is 0 Å². The summed E-state index contributed by atoms with van der Waals surface area (Å²) >= 11 is 6.80. The van der Waals surface area contributed by atoms with Gasteiger partial charge < -0.3 is 25.4 Å². The first-order valence-electron chi connectivity index (χ1n) is 10.1. The molecule has 1 amide bonds. The van der Waals surface area contributed by atoms with Crippen LogP contribution in [0.25, 0.3) is 0 Å². The van der Waals surface area contributed by atoms with E-state index in [2.05, 4.69) is 16.0 Å². The van der Waals surface area contributed by atoms with E-state index in [9.17, 15) is 9.59 Å². The van der Waals surface area contributed by atoms with E-state index in [-0.39, 0.29) is 24.2 Å². The minimum atomic E-state index is -0.122. The molecule has 0 aliphatic carbocycles. The number of fused-ring (bicyclic) bond motifs is 1. The monoisotopic (exact) mass is 479 g/mol. The summed E-state index contributed by atoms with van der Waals surface area (Å²) < 4.78 is 10.6. The molecule has 0 fully saturated rings. The lowest BCUT2D eigenvalue weighted by molar-refractivity contribution is -0.113. The third-order valence-electron chi connectivity index (χ3n) is 4.67. The lowest BCUT2D eigenvalue weighted by Gasteiger charge is -2.12. The van der Waals surface area contributed by atoms with Crippen molar-refractivity contribution in [1.29, 1.82) is 0 Å². The maximum absolute atomic E-state index is 12.3. The van der Waals surface area contributed by atoms with Gasteiger partial charge in [-0.05, 0) is 73.7 Å². The minimum Gasteiger partial charge on any atom is -0.454 e. The van der Waals surface area contributed by atoms with Gasteiger partial charge in [-0.25, -0.2) is 0 Å². The summed E-state index contributed by atoms with van der Waals surface area (Å²) in [5, 5.41) is 9.51. The quantitative estimate of drug-likeness (QED) is 0.243. The molecule has 0 saturated heterocycles. The van der Waals surface area contributed by atoms with Gasteiger partial charge in [0.2, 0.25) is 12.7 Å². The van der Waals surface area contributed by atoms with Crippen LogP contribution in [0.2, 0.25) is 0 Å². The molecule has 0 saturated carbocycles. The Balaban J connectivity index is 1.28. The van der Waals surface area contributed by atoms with Crippen molar-refractivity contribution < 1.29 is 19.1 Å². The van der Waals surface area contributed by atoms with Gasteiger partial charge in [-0.1, -0.05) is 6.07 Å². The van der Waals surface area contributed by atoms with Gasteiger partial charge in [0.25, 0.3) is 0 Å². The smallest absolute Gasteiger partial charge is 0.234 e. The number of thioether (sulfide) groups is 1. The van der Waals surface area contributed by atoms with Gasteiger partial charge in [0.15, 0.2) is 22.4 Å². The number of ether oxygens (including phenoxy) is 2. The number of ketones is 1. The number of hydrogen-bond donors (Lipinski definition) is 3. The van der Waals surface area contributed by atoms with Crippen LogP contribution in [0.3, 0.4) is 0 Å². The summed E-state index contributed by atoms with van der Waals surface area (Å²) in [6.07, 6.45) is 0. The largest absolute Gasteiger partial charge is 0.454 e. The highest BCUT2D eigenvalue weighted by atomic mass is 32.2. The molecule has 1 aliphatic rings. The zero-order valence-electron chi connectivity index (χ0n) is 17.7. The zero-order chi connectivity index (χ0) is 23.2. The molecule has 168 valence electrons. The topological polar surface area (TPSA) is 88.7 Å². The first-order valence-corrected chi connectivity index (χ1v) is 11.5. The van der Waals surface area contributed by atoms with Crippen molar-refractivity contribution in [3.05, 3.63) is 72.3 Å². The number of Topliss-reactive ketones (excluding diaryl/α,β-unsaturated/α-hetero) is 1. The van der Waals surface area contributed by atoms with Crippen LogP contribution in [0.5, 0.6) is 11.5 Å². The molecule has 1 heterocycles. The number of thiocarbonyl (C=S) groups is 1. The second-order valence-electron chi connectivity index (χ2n) is 7.15. The van der Waals surface area contributed by atoms with Crippen molar-refractivity contribution in [2.75, 3.05) is 28.5 Å². The summed E-state index contributed by atoms with van der Waals surface area (Å²) in [7, 11) is 0. The van der Waals surface area contributed by atoms with Crippen LogP contribution in [-0.4, -0.2) is 29.3 Å². The molecule has 33 heavy (non-hydrogen) atoms. The molecule has 3 aromatic rings. The van der Waals surface area contributed by atoms with E-state index in [4.69, 9.17) is 21.7 Å². The molecule has 0 aromatic heterocycles. The molecule has 0 unspecified atom stereocenters. The highest BCUT2D eigenvalue weighted by molar-refractivity contribution is 8.00. The second kappa shape index (κ2) is 10.4. The first-order chi connectivity index (χ1) is 16.0. The number of rotatable bonds is 7. The van der Waals surface area contributed by atoms with E-state index >= 15 is 0 Å². The maximum Gasteiger partial charge on any atom is 0.234 e. The summed E-state index contributed by atoms with van der Waals surface area (Å²) in [4.78, 5) is 24.7. The van der Waals surface area contributed by atoms with Gasteiger partial charge in [0.05, 0.1) is 5.75 Å². The zero-order valence-corrected chi connectivity index (χ0v) is 19.3. The molecule has 0 atom stereocenters. The Morgan fingerprint density at radius 1 is 0.879 bits per heavy atom. The van der Waals surface area contributed by atoms with Gasteiger partial charge in [-0.15, -0.1) is 11.8 Å². The van der Waals surface area contributed by atoms with E-state index in [1.807, 2.05) is 24.3 Å². The Morgan fingerprint density at radius 2 is 1.58 bits per heavy atom. The van der Waals surface area contributed by atoms with E-state index < -0.39 is 0 Å². The molecular formula is C24H21N3O4S2. The molecule has 1 aliphatic heterocycles. The van der Waals surface area contributed by atoms with E-state index in [0.29, 0.717) is 27.9 Å². The van der Waals surface area contributed by atoms with E-state index in [1.54, 1.807) is 42.5 Å². The SMILES string of the molecule is CC(=O)c1ccc(NC(=S)Nc2cccc(SCC(=O)Nc3ccc4c(c3)OCO4)c2)cc1. The molecule has 9 heteroatoms. The summed E-state index contributed by atoms with van der Waals surface area (Å²) in [5.74, 6) is 1.44. The van der Waals surface area contributed by atoms with Crippen molar-refractivity contribution in [3.8, 4) is 11.5 Å². The Hall–Kier alpha value is -3.56. The number of anilines is 3. The first kappa shape index (κ1) is 22.6. The molecule has 0 radical (unpaired) electrons. The summed E-state index contributed by atoms with van der Waals surface area (Å²) in [6, 6.07) is 20.0. The van der Waals surface area contributed by atoms with Crippen LogP contribution in [0.4, 0.5) is 17.1 Å². The van der Waals surface area contributed by atoms with E-state index in [0.717, 1.165) is 16.3 Å². The fourth-order valence-electron chi connectivity index (χ4n) is 3.07. The fourth-order valence-corrected chi connectivity index (χ4v) is 4.06. The Morgan fingerprint density at radius 3 is 2.36 bits per heavy atom. The number of hydrogen-bond acceptors (Lipinski definition) is 6. The Bertz CT molecular complexity index is 1200. The standard InChI is InChI=1S/C24H21N3O4S2/c1-15(28)16-5-7-17(8-6-16)26-24(32)27-18-3-2-4-20(11-18)33-13-23(29)25-19-9-10-21-22(12-19)31-14-30-21/h2-12H,13-14H2,1H3,(H,25,29)(H2,26,27,32). The molecule has 3 aromatic carbocycles. The van der Waals surface area contributed by atoms with Gasteiger partial charge >= 0.3 is 0 Å². The highest BCUT2D eigenvalue weighted by Gasteiger charge is 2.14. The highest BCUT2D eigenvalue weighted by Crippen LogP contribution is 2.34. The van der Waals surface area contributed by atoms with Gasteiger partial charge in [0, 0.05) is 33.6 Å². The van der Waals surface area contributed by atoms with Gasteiger partial charge in [-0.3, -0.25) is 9.59 Å². The number of nitrogens with one attached hydrogen (secondary N) is 3. The molecule has 4 rings (SSSR count). The maximum atomic E-state index is 12.3. The molecule has 3 N–H and O–H groups in total. The molecule has 0 bridgehead atoms. The van der Waals surface area contributed by atoms with Gasteiger partial charge in [0.1, 0.15) is 0 Å². The predicted octanol–water partition coefficient (Wildman–Crippen LogP) is 5.16. The minimum absolute atomic E-state index is 0.0149. The molecule has 0 spiro atoms. The van der Waals surface area contributed by atoms with Crippen molar-refractivity contribution in [3.63, 3.8) is 0 Å². The van der Waals surface area contributed by atoms with Crippen molar-refractivity contribution in [2.24, 2.45) is 0 Å². The Labute approximate surface area is 200 Å². The Kier molecular flexibility index (Phi) is 7.11. The van der Waals surface area contributed by atoms with Gasteiger partial charge in [-0.2, -0.15) is 0 Å². The number of amides is 1. The van der Waals surface area contributed by atoms with Crippen LogP contribution in [-0.2, 0) is 4.79 Å². The molecular weight excluding hydrogens is 458 g/mol. The average Bonchev–Trinajstić information content (AvgIpc) is 3.26. The predicted molar refractivity (Wildman–Crippen MR) is 135 cm³/mol. The summed E-state index contributed by atoms with van der Waals surface area (Å²) in [5.41, 5.74) is 2.89. The van der Waals surface area contributed by atoms with Crippen LogP contribution >= 0.6 is 24.0 Å². The van der Waals surface area contributed by atoms with Crippen LogP contribution in [0.15, 0.2) is 71.6 Å². The number of carbonyl (C=O) groups is 2. The summed E-state index contributed by atoms with van der Waals surface area (Å²) in [6.45, 7) is 1.72. The molecule has 7 nitrogen and oxygen atoms in total. The second-order valence-corrected chi connectivity index (χ2v) is 8.60. The third kappa shape index (κ3) is 6.24. The lowest BCUT2D eigenvalue weighted by atomic mass is 10.1. The number of carbonyl (C=O) groups excluding carboxylic acids is 2.